The number of rotatable bonds is 2. The Bertz CT molecular complexity index is 408. The summed E-state index contributed by atoms with van der Waals surface area (Å²) in [4.78, 5) is 14.1. The lowest BCUT2D eigenvalue weighted by molar-refractivity contribution is -0.888. The lowest BCUT2D eigenvalue weighted by Crippen LogP contribution is -3.11. The molecule has 0 aromatic heterocycles. The van der Waals surface area contributed by atoms with E-state index in [1.165, 1.54) is 4.90 Å². The van der Waals surface area contributed by atoms with Crippen molar-refractivity contribution < 1.29 is 9.82 Å². The van der Waals surface area contributed by atoms with E-state index in [-0.39, 0.29) is 10.6 Å². The van der Waals surface area contributed by atoms with Gasteiger partial charge < -0.3 is 9.80 Å². The number of nitrogens with one attached hydrogen (secondary N) is 1. The fourth-order valence-corrected chi connectivity index (χ4v) is 2.16. The van der Waals surface area contributed by atoms with Gasteiger partial charge in [-0.25, -0.2) is 0 Å². The summed E-state index contributed by atoms with van der Waals surface area (Å²) >= 11 is 0. The predicted octanol–water partition coefficient (Wildman–Crippen LogP) is 0.275. The van der Waals surface area contributed by atoms with Crippen molar-refractivity contribution in [2.45, 2.75) is 13.1 Å². The van der Waals surface area contributed by atoms with Gasteiger partial charge in [0.1, 0.15) is 5.69 Å². The third-order valence-corrected chi connectivity index (χ3v) is 3.32. The minimum absolute atomic E-state index is 0.198. The van der Waals surface area contributed by atoms with E-state index in [9.17, 15) is 10.1 Å². The molecule has 0 saturated carbocycles. The van der Waals surface area contributed by atoms with Gasteiger partial charge in [0.25, 0.3) is 5.69 Å². The maximum atomic E-state index is 10.9. The molecule has 0 amide bonds. The fourth-order valence-electron chi connectivity index (χ4n) is 2.16. The Balaban J connectivity index is 2.37. The van der Waals surface area contributed by atoms with Crippen LogP contribution in [0, 0.1) is 10.1 Å². The molecule has 0 spiro atoms. The third-order valence-electron chi connectivity index (χ3n) is 3.32. The van der Waals surface area contributed by atoms with Crippen molar-refractivity contribution in [2.75, 3.05) is 25.0 Å². The van der Waals surface area contributed by atoms with Gasteiger partial charge in [-0.15, -0.1) is 0 Å². The fraction of sp³-hybridized carbons (Fsp3) is 0.455. The molecule has 2 unspecified atom stereocenters. The molecule has 1 N–H and O–H groups in total. The molecule has 1 aliphatic heterocycles. The van der Waals surface area contributed by atoms with Crippen LogP contribution < -0.4 is 9.80 Å². The molecule has 0 radical (unpaired) electrons. The minimum atomic E-state index is -0.310. The molecule has 2 atom stereocenters. The molecule has 1 fully saturated rings. The SMILES string of the molecule is CC1N(c2ccccc2[N+](=O)[O-])CC[NH+]1C. The van der Waals surface area contributed by atoms with E-state index in [1.54, 1.807) is 12.1 Å². The molecule has 1 saturated heterocycles. The molecule has 1 aromatic carbocycles. The molecule has 1 heterocycles. The van der Waals surface area contributed by atoms with Gasteiger partial charge in [0.15, 0.2) is 6.17 Å². The van der Waals surface area contributed by atoms with Gasteiger partial charge in [-0.3, -0.25) is 10.1 Å². The number of quaternary nitrogens is 1. The molecule has 2 rings (SSSR count). The smallest absolute Gasteiger partial charge is 0.292 e. The zero-order valence-corrected chi connectivity index (χ0v) is 9.51. The van der Waals surface area contributed by atoms with Crippen molar-refractivity contribution in [3.8, 4) is 0 Å². The molecular formula is C11H16N3O2+. The van der Waals surface area contributed by atoms with Gasteiger partial charge in [-0.1, -0.05) is 12.1 Å². The van der Waals surface area contributed by atoms with Gasteiger partial charge in [0, 0.05) is 13.0 Å². The molecular weight excluding hydrogens is 206 g/mol. The highest BCUT2D eigenvalue weighted by atomic mass is 16.6. The lowest BCUT2D eigenvalue weighted by Gasteiger charge is -2.22. The third kappa shape index (κ3) is 1.74. The highest BCUT2D eigenvalue weighted by Crippen LogP contribution is 2.28. The summed E-state index contributed by atoms with van der Waals surface area (Å²) in [7, 11) is 2.11. The Morgan fingerprint density at radius 1 is 1.50 bits per heavy atom. The Labute approximate surface area is 94.4 Å². The average Bonchev–Trinajstić information content (AvgIpc) is 2.60. The van der Waals surface area contributed by atoms with Gasteiger partial charge in [-0.2, -0.15) is 0 Å². The van der Waals surface area contributed by atoms with Crippen LogP contribution in [0.15, 0.2) is 24.3 Å². The summed E-state index contributed by atoms with van der Waals surface area (Å²) in [5.74, 6) is 0. The second-order valence-corrected chi connectivity index (χ2v) is 4.21. The van der Waals surface area contributed by atoms with Gasteiger partial charge in [0.05, 0.1) is 25.1 Å². The molecule has 5 heteroatoms. The van der Waals surface area contributed by atoms with E-state index in [0.29, 0.717) is 6.17 Å². The predicted molar refractivity (Wildman–Crippen MR) is 61.7 cm³/mol. The number of nitro benzene ring substituents is 1. The Morgan fingerprint density at radius 2 is 2.19 bits per heavy atom. The number of benzene rings is 1. The molecule has 1 aromatic rings. The van der Waals surface area contributed by atoms with Crippen LogP contribution in [-0.2, 0) is 0 Å². The summed E-state index contributed by atoms with van der Waals surface area (Å²) in [6, 6.07) is 6.95. The second-order valence-electron chi connectivity index (χ2n) is 4.21. The van der Waals surface area contributed by atoms with E-state index in [1.807, 2.05) is 12.1 Å². The van der Waals surface area contributed by atoms with Crippen molar-refractivity contribution in [3.05, 3.63) is 34.4 Å². The zero-order chi connectivity index (χ0) is 11.7. The maximum absolute atomic E-state index is 10.9. The van der Waals surface area contributed by atoms with Gasteiger partial charge in [-0.05, 0) is 6.07 Å². The molecule has 0 bridgehead atoms. The quantitative estimate of drug-likeness (QED) is 0.577. The van der Waals surface area contributed by atoms with Crippen molar-refractivity contribution in [3.63, 3.8) is 0 Å². The molecule has 86 valence electrons. The topological polar surface area (TPSA) is 50.8 Å². The summed E-state index contributed by atoms with van der Waals surface area (Å²) < 4.78 is 0. The van der Waals surface area contributed by atoms with E-state index in [4.69, 9.17) is 0 Å². The summed E-state index contributed by atoms with van der Waals surface area (Å²) in [6.07, 6.45) is 0.293. The van der Waals surface area contributed by atoms with Gasteiger partial charge >= 0.3 is 0 Å². The number of nitro groups is 1. The van der Waals surface area contributed by atoms with Crippen LogP contribution in [0.2, 0.25) is 0 Å². The van der Waals surface area contributed by atoms with Crippen LogP contribution in [-0.4, -0.2) is 31.2 Å². The molecule has 1 aliphatic rings. The molecule has 0 aliphatic carbocycles. The van der Waals surface area contributed by atoms with Crippen LogP contribution in [0.4, 0.5) is 11.4 Å². The van der Waals surface area contributed by atoms with E-state index < -0.39 is 0 Å². The lowest BCUT2D eigenvalue weighted by atomic mass is 10.2. The average molecular weight is 222 g/mol. The largest absolute Gasteiger partial charge is 0.317 e. The first kappa shape index (κ1) is 10.9. The number of para-hydroxylation sites is 2. The maximum Gasteiger partial charge on any atom is 0.292 e. The highest BCUT2D eigenvalue weighted by Gasteiger charge is 2.32. The van der Waals surface area contributed by atoms with Gasteiger partial charge in [0.2, 0.25) is 0 Å². The summed E-state index contributed by atoms with van der Waals surface area (Å²) in [5, 5.41) is 10.9. The van der Waals surface area contributed by atoms with Crippen molar-refractivity contribution in [2.24, 2.45) is 0 Å². The zero-order valence-electron chi connectivity index (χ0n) is 9.51. The second kappa shape index (κ2) is 4.09. The van der Waals surface area contributed by atoms with E-state index >= 15 is 0 Å². The van der Waals surface area contributed by atoms with E-state index in [2.05, 4.69) is 18.9 Å². The number of likely N-dealkylation sites (N-methyl/N-ethyl adjacent to an activating group) is 1. The van der Waals surface area contributed by atoms with Crippen molar-refractivity contribution in [1.29, 1.82) is 0 Å². The number of hydrogen-bond donors (Lipinski definition) is 1. The first-order valence-corrected chi connectivity index (χ1v) is 5.43. The molecule has 5 nitrogen and oxygen atoms in total. The number of anilines is 1. The minimum Gasteiger partial charge on any atom is -0.317 e. The number of hydrogen-bond acceptors (Lipinski definition) is 3. The van der Waals surface area contributed by atoms with Crippen LogP contribution >= 0.6 is 0 Å². The Kier molecular flexibility index (Phi) is 2.78. The van der Waals surface area contributed by atoms with Crippen LogP contribution in [0.25, 0.3) is 0 Å². The monoisotopic (exact) mass is 222 g/mol. The summed E-state index contributed by atoms with van der Waals surface area (Å²) in [5.41, 5.74) is 0.931. The van der Waals surface area contributed by atoms with E-state index in [0.717, 1.165) is 18.8 Å². The first-order chi connectivity index (χ1) is 7.61. The van der Waals surface area contributed by atoms with Crippen molar-refractivity contribution in [1.82, 2.24) is 0 Å². The standard InChI is InChI=1S/C11H15N3O2/c1-9-12(2)7-8-13(9)10-5-3-4-6-11(10)14(15)16/h3-6,9H,7-8H2,1-2H3/p+1. The normalized spacial score (nSPS) is 24.8. The first-order valence-electron chi connectivity index (χ1n) is 5.43. The number of nitrogens with zero attached hydrogens (tertiary/aromatic N) is 2. The van der Waals surface area contributed by atoms with Crippen molar-refractivity contribution >= 4 is 11.4 Å². The summed E-state index contributed by atoms with van der Waals surface area (Å²) in [6.45, 7) is 3.99. The van der Waals surface area contributed by atoms with Crippen LogP contribution in [0.1, 0.15) is 6.92 Å². The Morgan fingerprint density at radius 3 is 2.75 bits per heavy atom. The van der Waals surface area contributed by atoms with Crippen LogP contribution in [0.5, 0.6) is 0 Å². The Hall–Kier alpha value is -1.62. The van der Waals surface area contributed by atoms with Crippen LogP contribution in [0.3, 0.4) is 0 Å². The highest BCUT2D eigenvalue weighted by molar-refractivity contribution is 5.63. The molecule has 16 heavy (non-hydrogen) atoms.